The van der Waals surface area contributed by atoms with E-state index in [1.165, 1.54) is 26.6 Å². The van der Waals surface area contributed by atoms with E-state index in [-0.39, 0.29) is 0 Å². The van der Waals surface area contributed by atoms with Gasteiger partial charge in [0.15, 0.2) is 0 Å². The summed E-state index contributed by atoms with van der Waals surface area (Å²) in [6, 6.07) is 25.8. The van der Waals surface area contributed by atoms with Crippen LogP contribution in [0.2, 0.25) is 0 Å². The second-order valence-corrected chi connectivity index (χ2v) is 8.35. The number of fused-ring (bicyclic) bond motifs is 2. The molecule has 140 valence electrons. The second kappa shape index (κ2) is 7.36. The van der Waals surface area contributed by atoms with Crippen molar-refractivity contribution in [1.82, 2.24) is 4.90 Å². The van der Waals surface area contributed by atoms with E-state index in [4.69, 9.17) is 4.99 Å². The van der Waals surface area contributed by atoms with E-state index < -0.39 is 0 Å². The summed E-state index contributed by atoms with van der Waals surface area (Å²) in [5.41, 5.74) is 5.01. The smallest absolute Gasteiger partial charge is 0.137 e. The fourth-order valence-electron chi connectivity index (χ4n) is 3.99. The SMILES string of the molecule is Cc1ccccc1N1CCN(C2=Nc3ccccc3Sc3ccccc32)CC1. The van der Waals surface area contributed by atoms with Crippen molar-refractivity contribution in [2.45, 2.75) is 16.7 Å². The Kier molecular flexibility index (Phi) is 4.57. The predicted octanol–water partition coefficient (Wildman–Crippen LogP) is 5.36. The first-order valence-electron chi connectivity index (χ1n) is 9.80. The minimum atomic E-state index is 0.980. The first kappa shape index (κ1) is 17.4. The Morgan fingerprint density at radius 2 is 1.36 bits per heavy atom. The van der Waals surface area contributed by atoms with Gasteiger partial charge in [-0.2, -0.15) is 0 Å². The molecule has 1 fully saturated rings. The van der Waals surface area contributed by atoms with Gasteiger partial charge < -0.3 is 9.80 Å². The zero-order valence-electron chi connectivity index (χ0n) is 16.0. The van der Waals surface area contributed by atoms with Crippen molar-refractivity contribution in [1.29, 1.82) is 0 Å². The van der Waals surface area contributed by atoms with Gasteiger partial charge in [0.05, 0.1) is 5.69 Å². The van der Waals surface area contributed by atoms with Gasteiger partial charge in [0.1, 0.15) is 5.84 Å². The molecule has 28 heavy (non-hydrogen) atoms. The van der Waals surface area contributed by atoms with Crippen LogP contribution in [-0.2, 0) is 0 Å². The number of hydrogen-bond acceptors (Lipinski definition) is 4. The van der Waals surface area contributed by atoms with E-state index in [0.717, 1.165) is 37.7 Å². The first-order chi connectivity index (χ1) is 13.8. The van der Waals surface area contributed by atoms with E-state index in [2.05, 4.69) is 89.5 Å². The molecule has 0 aromatic heterocycles. The van der Waals surface area contributed by atoms with E-state index in [1.54, 1.807) is 0 Å². The molecule has 3 aromatic rings. The zero-order valence-corrected chi connectivity index (χ0v) is 16.8. The van der Waals surface area contributed by atoms with Crippen molar-refractivity contribution >= 4 is 29.0 Å². The molecule has 0 N–H and O–H groups in total. The quantitative estimate of drug-likeness (QED) is 0.562. The lowest BCUT2D eigenvalue weighted by molar-refractivity contribution is 0.386. The van der Waals surface area contributed by atoms with Crippen LogP contribution >= 0.6 is 11.8 Å². The molecule has 0 bridgehead atoms. The van der Waals surface area contributed by atoms with Gasteiger partial charge in [-0.1, -0.05) is 60.3 Å². The molecule has 0 aliphatic carbocycles. The van der Waals surface area contributed by atoms with Crippen LogP contribution in [0.1, 0.15) is 11.1 Å². The Hall–Kier alpha value is -2.72. The monoisotopic (exact) mass is 385 g/mol. The van der Waals surface area contributed by atoms with Gasteiger partial charge in [0.25, 0.3) is 0 Å². The Bertz CT molecular complexity index is 1040. The van der Waals surface area contributed by atoms with Gasteiger partial charge in [-0.15, -0.1) is 0 Å². The van der Waals surface area contributed by atoms with Crippen molar-refractivity contribution in [3.8, 4) is 0 Å². The van der Waals surface area contributed by atoms with Crippen molar-refractivity contribution in [2.24, 2.45) is 4.99 Å². The average Bonchev–Trinajstić information content (AvgIpc) is 2.91. The van der Waals surface area contributed by atoms with Gasteiger partial charge in [-0.25, -0.2) is 4.99 Å². The minimum Gasteiger partial charge on any atom is -0.368 e. The maximum Gasteiger partial charge on any atom is 0.137 e. The normalized spacial score (nSPS) is 16.1. The molecule has 0 spiro atoms. The van der Waals surface area contributed by atoms with Crippen molar-refractivity contribution in [3.05, 3.63) is 83.9 Å². The van der Waals surface area contributed by atoms with Gasteiger partial charge in [-0.05, 0) is 36.8 Å². The lowest BCUT2D eigenvalue weighted by Gasteiger charge is -2.38. The summed E-state index contributed by atoms with van der Waals surface area (Å²) >= 11 is 1.82. The lowest BCUT2D eigenvalue weighted by Crippen LogP contribution is -2.49. The molecule has 0 saturated carbocycles. The number of rotatable bonds is 1. The highest BCUT2D eigenvalue weighted by Gasteiger charge is 2.25. The molecule has 2 aliphatic heterocycles. The molecule has 0 atom stereocenters. The maximum atomic E-state index is 5.12. The molecule has 3 nitrogen and oxygen atoms in total. The maximum absolute atomic E-state index is 5.12. The highest BCUT2D eigenvalue weighted by atomic mass is 32.2. The highest BCUT2D eigenvalue weighted by molar-refractivity contribution is 7.99. The van der Waals surface area contributed by atoms with E-state index in [9.17, 15) is 0 Å². The molecule has 2 heterocycles. The summed E-state index contributed by atoms with van der Waals surface area (Å²) in [5.74, 6) is 1.11. The molecule has 0 amide bonds. The fourth-order valence-corrected chi connectivity index (χ4v) is 5.01. The van der Waals surface area contributed by atoms with Crippen LogP contribution in [0.4, 0.5) is 11.4 Å². The van der Waals surface area contributed by atoms with Crippen LogP contribution in [0.5, 0.6) is 0 Å². The van der Waals surface area contributed by atoms with Gasteiger partial charge >= 0.3 is 0 Å². The number of benzene rings is 3. The van der Waals surface area contributed by atoms with Crippen LogP contribution in [0.25, 0.3) is 0 Å². The Labute approximate surface area is 170 Å². The summed E-state index contributed by atoms with van der Waals surface area (Å²) in [7, 11) is 0. The number of hydrogen-bond donors (Lipinski definition) is 0. The first-order valence-corrected chi connectivity index (χ1v) is 10.6. The molecule has 0 unspecified atom stereocenters. The molecular weight excluding hydrogens is 362 g/mol. The minimum absolute atomic E-state index is 0.980. The summed E-state index contributed by atoms with van der Waals surface area (Å²) in [6.07, 6.45) is 0. The van der Waals surface area contributed by atoms with Crippen molar-refractivity contribution < 1.29 is 0 Å². The van der Waals surface area contributed by atoms with Crippen LogP contribution in [0, 0.1) is 6.92 Å². The van der Waals surface area contributed by atoms with Gasteiger partial charge in [0.2, 0.25) is 0 Å². The molecule has 2 aliphatic rings. The largest absolute Gasteiger partial charge is 0.368 e. The third-order valence-electron chi connectivity index (χ3n) is 5.47. The van der Waals surface area contributed by atoms with Crippen LogP contribution in [0.3, 0.4) is 0 Å². The fraction of sp³-hybridized carbons (Fsp3) is 0.208. The Balaban J connectivity index is 1.46. The average molecular weight is 386 g/mol. The zero-order chi connectivity index (χ0) is 18.9. The summed E-state index contributed by atoms with van der Waals surface area (Å²) in [5, 5.41) is 0. The van der Waals surface area contributed by atoms with Gasteiger partial charge in [-0.3, -0.25) is 0 Å². The number of aliphatic imine (C=N–C) groups is 1. The third kappa shape index (κ3) is 3.18. The second-order valence-electron chi connectivity index (χ2n) is 7.26. The Morgan fingerprint density at radius 1 is 0.714 bits per heavy atom. The Morgan fingerprint density at radius 3 is 2.18 bits per heavy atom. The standard InChI is InChI=1S/C24H23N3S/c1-18-8-2-5-11-21(18)26-14-16-27(17-15-26)24-19-9-3-6-12-22(19)28-23-13-7-4-10-20(23)25-24/h2-13H,14-17H2,1H3. The van der Waals surface area contributed by atoms with Crippen molar-refractivity contribution in [2.75, 3.05) is 31.1 Å². The molecule has 1 saturated heterocycles. The number of amidine groups is 1. The van der Waals surface area contributed by atoms with E-state index in [1.807, 2.05) is 11.8 Å². The van der Waals surface area contributed by atoms with E-state index >= 15 is 0 Å². The number of piperazine rings is 1. The summed E-state index contributed by atoms with van der Waals surface area (Å²) in [4.78, 5) is 12.6. The molecule has 4 heteroatoms. The van der Waals surface area contributed by atoms with E-state index in [0.29, 0.717) is 0 Å². The van der Waals surface area contributed by atoms with Gasteiger partial charge in [0, 0.05) is 47.2 Å². The number of nitrogens with zero attached hydrogens (tertiary/aromatic N) is 3. The van der Waals surface area contributed by atoms with Crippen LogP contribution in [0.15, 0.2) is 87.6 Å². The number of anilines is 1. The topological polar surface area (TPSA) is 18.8 Å². The number of para-hydroxylation sites is 2. The van der Waals surface area contributed by atoms with Crippen LogP contribution < -0.4 is 4.90 Å². The third-order valence-corrected chi connectivity index (χ3v) is 6.62. The summed E-state index contributed by atoms with van der Waals surface area (Å²) in [6.45, 7) is 6.19. The number of aryl methyl sites for hydroxylation is 1. The molecule has 5 rings (SSSR count). The molecular formula is C24H23N3S. The molecule has 0 radical (unpaired) electrons. The summed E-state index contributed by atoms with van der Waals surface area (Å²) < 4.78 is 0. The predicted molar refractivity (Wildman–Crippen MR) is 118 cm³/mol. The lowest BCUT2D eigenvalue weighted by atomic mass is 10.1. The van der Waals surface area contributed by atoms with Crippen molar-refractivity contribution in [3.63, 3.8) is 0 Å². The highest BCUT2D eigenvalue weighted by Crippen LogP contribution is 2.40. The molecule has 3 aromatic carbocycles. The van der Waals surface area contributed by atoms with Crippen LogP contribution in [-0.4, -0.2) is 36.9 Å².